The molecule has 0 bridgehead atoms. The molecule has 11 fully saturated rings. The maximum absolute atomic E-state index is 12.2. The van der Waals surface area contributed by atoms with Crippen molar-refractivity contribution in [1.29, 1.82) is 0 Å². The first-order valence-corrected chi connectivity index (χ1v) is 30.4. The van der Waals surface area contributed by atoms with E-state index >= 15 is 0 Å². The monoisotopic (exact) mass is 1230 g/mol. The molecule has 0 aromatic heterocycles. The highest BCUT2D eigenvalue weighted by Gasteiger charge is 2.71. The van der Waals surface area contributed by atoms with Crippen LogP contribution in [0.1, 0.15) is 79.1 Å². The summed E-state index contributed by atoms with van der Waals surface area (Å²) in [5.74, 6) is 0.772. The van der Waals surface area contributed by atoms with Crippen LogP contribution in [0, 0.1) is 52.3 Å². The van der Waals surface area contributed by atoms with E-state index < -0.39 is 210 Å². The maximum atomic E-state index is 12.2. The van der Waals surface area contributed by atoms with Crippen LogP contribution >= 0.6 is 0 Å². The molecule has 0 radical (unpaired) electrons. The highest BCUT2D eigenvalue weighted by atomic mass is 16.8. The molecule has 1 spiro atoms. The third-order valence-corrected chi connectivity index (χ3v) is 22.2. The molecule has 11 aliphatic rings. The van der Waals surface area contributed by atoms with Gasteiger partial charge in [-0.3, -0.25) is 0 Å². The summed E-state index contributed by atoms with van der Waals surface area (Å²) >= 11 is 0. The van der Waals surface area contributed by atoms with E-state index in [1.165, 1.54) is 0 Å². The van der Waals surface area contributed by atoms with Crippen molar-refractivity contribution >= 4 is 0 Å². The number of rotatable bonds is 14. The van der Waals surface area contributed by atoms with E-state index in [0.29, 0.717) is 30.8 Å². The summed E-state index contributed by atoms with van der Waals surface area (Å²) in [6, 6.07) is 0. The van der Waals surface area contributed by atoms with Crippen molar-refractivity contribution in [2.45, 2.75) is 257 Å². The minimum absolute atomic E-state index is 0.0225. The average Bonchev–Trinajstić information content (AvgIpc) is 1.64. The van der Waals surface area contributed by atoms with Crippen molar-refractivity contribution in [2.75, 3.05) is 39.6 Å². The fraction of sp³-hybridized carbons (Fsp3) is 1.00. The molecule has 4 unspecified atom stereocenters. The minimum Gasteiger partial charge on any atom is -0.394 e. The SMILES string of the molecule is CC1CC[C@@]2(OC1)O[C@H]1CC3C4C[C@@H](O)[C@H]5C[C@@H](O[C@@H]6O[C@H](CO)[C@H](O[C@@H]7O[C@H](CO)[C@@H](O)[C@H](O[C@@H]8OC[C@@H](O)[C@H](O)[C@H]8O)[C@H]7O[C@@H]7O[C@H](CO)[C@@H](O[C@@H]8O[C@H](CO)[C@@H](O)[C@H](O)[C@H]8O)[C@H](O)[C@H]7O)[C@H](O)[C@H]6O)[C@H](O)C[C@]5(C)C4CC[C@]3(C)[C@H]1[C@@H]2C. The van der Waals surface area contributed by atoms with Gasteiger partial charge in [-0.05, 0) is 91.3 Å². The molecule has 17 N–H and O–H groups in total. The van der Waals surface area contributed by atoms with Gasteiger partial charge in [0, 0.05) is 12.3 Å². The molecule has 29 nitrogen and oxygen atoms in total. The Kier molecular flexibility index (Phi) is 19.5. The van der Waals surface area contributed by atoms with Crippen LogP contribution < -0.4 is 0 Å². The van der Waals surface area contributed by atoms with Gasteiger partial charge in [-0.1, -0.05) is 27.7 Å². The van der Waals surface area contributed by atoms with Gasteiger partial charge in [0.15, 0.2) is 37.2 Å². The van der Waals surface area contributed by atoms with E-state index in [9.17, 15) is 86.8 Å². The number of fused-ring (bicyclic) bond motifs is 7. The smallest absolute Gasteiger partial charge is 0.187 e. The summed E-state index contributed by atoms with van der Waals surface area (Å²) in [5, 5.41) is 188. The number of ether oxygens (including phenoxy) is 12. The number of aliphatic hydroxyl groups excluding tert-OH is 17. The Balaban J connectivity index is 0.789. The normalized spacial score (nSPS) is 58.1. The molecule has 7 heterocycles. The summed E-state index contributed by atoms with van der Waals surface area (Å²) in [7, 11) is 0. The molecule has 7 aliphatic heterocycles. The Morgan fingerprint density at radius 1 is 0.435 bits per heavy atom. The predicted molar refractivity (Wildman–Crippen MR) is 278 cm³/mol. The van der Waals surface area contributed by atoms with Crippen LogP contribution in [0.15, 0.2) is 0 Å². The van der Waals surface area contributed by atoms with Crippen LogP contribution in [0.3, 0.4) is 0 Å². The number of hydrogen-bond acceptors (Lipinski definition) is 29. The van der Waals surface area contributed by atoms with E-state index in [4.69, 9.17) is 56.8 Å². The minimum atomic E-state index is -2.23. The Hall–Kier alpha value is -1.16. The second kappa shape index (κ2) is 25.4. The predicted octanol–water partition coefficient (Wildman–Crippen LogP) is -6.50. The quantitative estimate of drug-likeness (QED) is 0.0719. The maximum Gasteiger partial charge on any atom is 0.187 e. The average molecular weight is 1230 g/mol. The second-order valence-electron chi connectivity index (χ2n) is 27.0. The Bertz CT molecular complexity index is 2210. The molecule has 7 saturated heterocycles. The Labute approximate surface area is 491 Å². The van der Waals surface area contributed by atoms with Crippen LogP contribution in [-0.4, -0.2) is 304 Å². The second-order valence-corrected chi connectivity index (χ2v) is 27.0. The first kappa shape index (κ1) is 65.3. The lowest BCUT2D eigenvalue weighted by molar-refractivity contribution is -0.409. The lowest BCUT2D eigenvalue weighted by atomic mass is 9.43. The Morgan fingerprint density at radius 3 is 1.59 bits per heavy atom. The standard InChI is InChI=1S/C56H92O29/c1-19-5-8-56(75-17-19)20(2)34-29(85-56)10-23-21-9-25(61)24-11-28(26(62)12-55(24,4)22(21)6-7-54(23,34)3)76-50-43(72)39(68)46(33(16-60)79-50)82-53-48(47(37(66)31(14-58)78-53)83-49-41(70)35(64)27(63)18-74-49)84-52-44(73)40(69)45(32(15-59)80-52)81-51-42(71)38(67)36(65)30(13-57)77-51/h19-53,57-73H,5-18H2,1-4H3/t19?,20-,21?,22?,23?,24+,25+,26+,27+,28+,29-,30+,31+,32+,33+,34-,35-,36+,37+,38-,39+,40+,41+,42+,43+,44+,45+,46-,47-,48+,49-,50+,51-,52-,53-,54-,55+,56+/m0/s1. The fourth-order valence-corrected chi connectivity index (χ4v) is 17.5. The fourth-order valence-electron chi connectivity index (χ4n) is 17.5. The zero-order valence-corrected chi connectivity index (χ0v) is 48.1. The summed E-state index contributed by atoms with van der Waals surface area (Å²) in [6.45, 7) is 5.36. The van der Waals surface area contributed by atoms with Crippen LogP contribution in [0.25, 0.3) is 0 Å². The number of hydrogen-bond donors (Lipinski definition) is 17. The van der Waals surface area contributed by atoms with Crippen LogP contribution in [-0.2, 0) is 56.8 Å². The van der Waals surface area contributed by atoms with Gasteiger partial charge >= 0.3 is 0 Å². The molecule has 4 aliphatic carbocycles. The lowest BCUT2D eigenvalue weighted by Gasteiger charge is -2.63. The topological polar surface area (TPSA) is 455 Å². The van der Waals surface area contributed by atoms with Crippen molar-refractivity contribution < 1.29 is 144 Å². The van der Waals surface area contributed by atoms with E-state index in [2.05, 4.69) is 27.7 Å². The lowest BCUT2D eigenvalue weighted by Crippen LogP contribution is -2.69. The van der Waals surface area contributed by atoms with Crippen LogP contribution in [0.5, 0.6) is 0 Å². The van der Waals surface area contributed by atoms with Crippen molar-refractivity contribution in [2.24, 2.45) is 52.3 Å². The van der Waals surface area contributed by atoms with Crippen LogP contribution in [0.4, 0.5) is 0 Å². The zero-order valence-electron chi connectivity index (χ0n) is 48.1. The first-order chi connectivity index (χ1) is 40.3. The van der Waals surface area contributed by atoms with Crippen molar-refractivity contribution in [3.05, 3.63) is 0 Å². The third kappa shape index (κ3) is 11.4. The van der Waals surface area contributed by atoms with Crippen molar-refractivity contribution in [3.63, 3.8) is 0 Å². The molecule has 85 heavy (non-hydrogen) atoms. The molecule has 0 aromatic carbocycles. The van der Waals surface area contributed by atoms with E-state index in [1.807, 2.05) is 0 Å². The van der Waals surface area contributed by atoms with Gasteiger partial charge in [-0.25, -0.2) is 0 Å². The molecular weight excluding hydrogens is 1140 g/mol. The van der Waals surface area contributed by atoms with E-state index in [0.717, 1.165) is 32.1 Å². The van der Waals surface area contributed by atoms with Gasteiger partial charge in [-0.15, -0.1) is 0 Å². The highest BCUT2D eigenvalue weighted by molar-refractivity contribution is 5.17. The molecule has 0 aromatic rings. The number of aliphatic hydroxyl groups is 17. The summed E-state index contributed by atoms with van der Waals surface area (Å²) < 4.78 is 72.7. The van der Waals surface area contributed by atoms with Crippen LogP contribution in [0.2, 0.25) is 0 Å². The van der Waals surface area contributed by atoms with E-state index in [-0.39, 0.29) is 48.0 Å². The van der Waals surface area contributed by atoms with Gasteiger partial charge in [-0.2, -0.15) is 0 Å². The molecule has 11 rings (SSSR count). The Morgan fingerprint density at radius 2 is 0.976 bits per heavy atom. The van der Waals surface area contributed by atoms with Gasteiger partial charge in [0.2, 0.25) is 0 Å². The van der Waals surface area contributed by atoms with Gasteiger partial charge < -0.3 is 144 Å². The summed E-state index contributed by atoms with van der Waals surface area (Å²) in [5.41, 5.74) is -0.526. The summed E-state index contributed by atoms with van der Waals surface area (Å²) in [6.07, 6.45) is -42.5. The third-order valence-electron chi connectivity index (χ3n) is 22.2. The van der Waals surface area contributed by atoms with Gasteiger partial charge in [0.1, 0.15) is 116 Å². The molecule has 4 saturated carbocycles. The molecule has 29 heteroatoms. The molecule has 38 atom stereocenters. The molecule has 0 amide bonds. The highest BCUT2D eigenvalue weighted by Crippen LogP contribution is 2.71. The summed E-state index contributed by atoms with van der Waals surface area (Å²) in [4.78, 5) is 0. The molecular formula is C56H92O29. The van der Waals surface area contributed by atoms with Gasteiger partial charge in [0.25, 0.3) is 0 Å². The van der Waals surface area contributed by atoms with Gasteiger partial charge in [0.05, 0.1) is 64.1 Å². The van der Waals surface area contributed by atoms with Crippen molar-refractivity contribution in [3.8, 4) is 0 Å². The van der Waals surface area contributed by atoms with E-state index in [1.54, 1.807) is 0 Å². The first-order valence-electron chi connectivity index (χ1n) is 30.4. The molecule has 490 valence electrons. The largest absolute Gasteiger partial charge is 0.394 e. The van der Waals surface area contributed by atoms with Crippen molar-refractivity contribution in [1.82, 2.24) is 0 Å². The zero-order chi connectivity index (χ0) is 61.1.